The van der Waals surface area contributed by atoms with Crippen LogP contribution in [-0.2, 0) is 17.6 Å². The van der Waals surface area contributed by atoms with E-state index in [9.17, 15) is 0 Å². The zero-order chi connectivity index (χ0) is 15.4. The van der Waals surface area contributed by atoms with Crippen LogP contribution in [0.2, 0.25) is 0 Å². The Balaban J connectivity index is 0.00000192. The van der Waals surface area contributed by atoms with E-state index >= 15 is 0 Å². The van der Waals surface area contributed by atoms with Crippen LogP contribution in [0.5, 0.6) is 0 Å². The minimum Gasteiger partial charge on any atom is -0.373 e. The summed E-state index contributed by atoms with van der Waals surface area (Å²) in [5.74, 6) is 0.895. The highest BCUT2D eigenvalue weighted by molar-refractivity contribution is 14.0. The van der Waals surface area contributed by atoms with Crippen molar-refractivity contribution in [3.8, 4) is 0 Å². The van der Waals surface area contributed by atoms with Gasteiger partial charge >= 0.3 is 0 Å². The number of hydrogen-bond acceptors (Lipinski definition) is 2. The normalized spacial score (nSPS) is 26.0. The highest BCUT2D eigenvalue weighted by Crippen LogP contribution is 2.34. The second-order valence-electron chi connectivity index (χ2n) is 6.28. The third kappa shape index (κ3) is 4.83. The van der Waals surface area contributed by atoms with E-state index in [0.29, 0.717) is 18.2 Å². The van der Waals surface area contributed by atoms with Crippen molar-refractivity contribution in [1.82, 2.24) is 10.6 Å². The number of aryl methyl sites for hydroxylation is 1. The van der Waals surface area contributed by atoms with Crippen molar-refractivity contribution in [2.75, 3.05) is 13.6 Å². The topological polar surface area (TPSA) is 45.7 Å². The molecule has 0 aromatic heterocycles. The van der Waals surface area contributed by atoms with E-state index < -0.39 is 0 Å². The first-order chi connectivity index (χ1) is 10.8. The summed E-state index contributed by atoms with van der Waals surface area (Å²) in [4.78, 5) is 4.33. The molecule has 3 unspecified atom stereocenters. The van der Waals surface area contributed by atoms with Gasteiger partial charge in [0.15, 0.2) is 5.96 Å². The molecule has 2 N–H and O–H groups in total. The Bertz CT molecular complexity index is 518. The second kappa shape index (κ2) is 8.87. The molecule has 1 aromatic rings. The molecule has 2 aliphatic rings. The van der Waals surface area contributed by atoms with Crippen molar-refractivity contribution in [1.29, 1.82) is 0 Å². The zero-order valence-corrected chi connectivity index (χ0v) is 16.4. The van der Waals surface area contributed by atoms with Crippen molar-refractivity contribution in [2.45, 2.75) is 57.3 Å². The SMILES string of the molecule is CCc1ccc(CCNC(=NC)NC2CC3CCC2O3)cc1.I. The first kappa shape index (κ1) is 18.5. The van der Waals surface area contributed by atoms with Gasteiger partial charge in [0.1, 0.15) is 0 Å². The fourth-order valence-corrected chi connectivity index (χ4v) is 3.43. The van der Waals surface area contributed by atoms with Crippen LogP contribution >= 0.6 is 24.0 Å². The van der Waals surface area contributed by atoms with Gasteiger partial charge < -0.3 is 15.4 Å². The zero-order valence-electron chi connectivity index (χ0n) is 14.0. The maximum Gasteiger partial charge on any atom is 0.191 e. The number of nitrogens with zero attached hydrogens (tertiary/aromatic N) is 1. The Morgan fingerprint density at radius 2 is 1.96 bits per heavy atom. The molecule has 0 amide bonds. The number of rotatable bonds is 5. The predicted molar refractivity (Wildman–Crippen MR) is 106 cm³/mol. The Labute approximate surface area is 156 Å². The first-order valence-electron chi connectivity index (χ1n) is 8.49. The molecule has 3 rings (SSSR count). The van der Waals surface area contributed by atoms with Crippen molar-refractivity contribution in [3.63, 3.8) is 0 Å². The van der Waals surface area contributed by atoms with E-state index in [2.05, 4.69) is 46.8 Å². The molecule has 23 heavy (non-hydrogen) atoms. The summed E-state index contributed by atoms with van der Waals surface area (Å²) in [6.07, 6.45) is 6.48. The molecule has 2 aliphatic heterocycles. The molecule has 2 saturated heterocycles. The number of hydrogen-bond donors (Lipinski definition) is 2. The van der Waals surface area contributed by atoms with Gasteiger partial charge in [-0.2, -0.15) is 0 Å². The molecule has 5 heteroatoms. The molecule has 2 fully saturated rings. The Hall–Kier alpha value is -0.820. The fraction of sp³-hybridized carbons (Fsp3) is 0.611. The van der Waals surface area contributed by atoms with Crippen LogP contribution in [0, 0.1) is 0 Å². The third-order valence-electron chi connectivity index (χ3n) is 4.79. The van der Waals surface area contributed by atoms with Crippen molar-refractivity contribution < 1.29 is 4.74 Å². The van der Waals surface area contributed by atoms with Crippen LogP contribution in [-0.4, -0.2) is 37.8 Å². The summed E-state index contributed by atoms with van der Waals surface area (Å²) in [5, 5.41) is 6.93. The van der Waals surface area contributed by atoms with Gasteiger partial charge in [0.25, 0.3) is 0 Å². The lowest BCUT2D eigenvalue weighted by atomic mass is 9.96. The average molecular weight is 429 g/mol. The number of fused-ring (bicyclic) bond motifs is 2. The number of aliphatic imine (C=N–C) groups is 1. The van der Waals surface area contributed by atoms with E-state index in [0.717, 1.165) is 31.8 Å². The Kier molecular flexibility index (Phi) is 7.14. The minimum absolute atomic E-state index is 0. The molecular formula is C18H28IN3O. The van der Waals surface area contributed by atoms with E-state index in [1.165, 1.54) is 24.0 Å². The molecular weight excluding hydrogens is 401 g/mol. The number of guanidine groups is 1. The Morgan fingerprint density at radius 1 is 1.22 bits per heavy atom. The highest BCUT2D eigenvalue weighted by atomic mass is 127. The number of halogens is 1. The molecule has 4 nitrogen and oxygen atoms in total. The van der Waals surface area contributed by atoms with Crippen LogP contribution < -0.4 is 10.6 Å². The summed E-state index contributed by atoms with van der Waals surface area (Å²) in [5.41, 5.74) is 2.76. The van der Waals surface area contributed by atoms with Crippen molar-refractivity contribution >= 4 is 29.9 Å². The van der Waals surface area contributed by atoms with E-state index in [1.54, 1.807) is 0 Å². The lowest BCUT2D eigenvalue weighted by Gasteiger charge is -2.22. The van der Waals surface area contributed by atoms with Gasteiger partial charge in [0.2, 0.25) is 0 Å². The maximum absolute atomic E-state index is 5.88. The predicted octanol–water partition coefficient (Wildman–Crippen LogP) is 2.89. The van der Waals surface area contributed by atoms with Gasteiger partial charge in [-0.15, -0.1) is 24.0 Å². The molecule has 0 radical (unpaired) electrons. The lowest BCUT2D eigenvalue weighted by molar-refractivity contribution is 0.0992. The van der Waals surface area contributed by atoms with Gasteiger partial charge in [0, 0.05) is 13.6 Å². The molecule has 0 aliphatic carbocycles. The lowest BCUT2D eigenvalue weighted by Crippen LogP contribution is -2.47. The molecule has 2 bridgehead atoms. The summed E-state index contributed by atoms with van der Waals surface area (Å²) >= 11 is 0. The van der Waals surface area contributed by atoms with Crippen LogP contribution in [0.4, 0.5) is 0 Å². The molecule has 1 aromatic carbocycles. The van der Waals surface area contributed by atoms with E-state index in [-0.39, 0.29) is 24.0 Å². The number of benzene rings is 1. The number of nitrogens with one attached hydrogen (secondary N) is 2. The monoisotopic (exact) mass is 429 g/mol. The van der Waals surface area contributed by atoms with Gasteiger partial charge in [0.05, 0.1) is 18.2 Å². The molecule has 0 spiro atoms. The fourth-order valence-electron chi connectivity index (χ4n) is 3.43. The quantitative estimate of drug-likeness (QED) is 0.430. The molecule has 128 valence electrons. The third-order valence-corrected chi connectivity index (χ3v) is 4.79. The van der Waals surface area contributed by atoms with Gasteiger partial charge in [-0.1, -0.05) is 31.2 Å². The molecule has 0 saturated carbocycles. The summed E-state index contributed by atoms with van der Waals surface area (Å²) in [7, 11) is 1.83. The minimum atomic E-state index is 0. The van der Waals surface area contributed by atoms with E-state index in [4.69, 9.17) is 4.74 Å². The van der Waals surface area contributed by atoms with Crippen molar-refractivity contribution in [2.24, 2.45) is 4.99 Å². The van der Waals surface area contributed by atoms with E-state index in [1.807, 2.05) is 7.05 Å². The average Bonchev–Trinajstić information content (AvgIpc) is 3.17. The summed E-state index contributed by atoms with van der Waals surface area (Å²) in [6.45, 7) is 3.08. The first-order valence-corrected chi connectivity index (χ1v) is 8.49. The largest absolute Gasteiger partial charge is 0.373 e. The Morgan fingerprint density at radius 3 is 2.52 bits per heavy atom. The van der Waals surface area contributed by atoms with Crippen molar-refractivity contribution in [3.05, 3.63) is 35.4 Å². The van der Waals surface area contributed by atoms with Crippen LogP contribution in [0.15, 0.2) is 29.3 Å². The second-order valence-corrected chi connectivity index (χ2v) is 6.28. The van der Waals surface area contributed by atoms with Gasteiger partial charge in [-0.3, -0.25) is 4.99 Å². The van der Waals surface area contributed by atoms with Crippen LogP contribution in [0.1, 0.15) is 37.3 Å². The van der Waals surface area contributed by atoms with Crippen LogP contribution in [0.25, 0.3) is 0 Å². The number of ether oxygens (including phenoxy) is 1. The van der Waals surface area contributed by atoms with Crippen LogP contribution in [0.3, 0.4) is 0 Å². The summed E-state index contributed by atoms with van der Waals surface area (Å²) < 4.78 is 5.88. The molecule has 3 atom stereocenters. The van der Waals surface area contributed by atoms with Gasteiger partial charge in [-0.25, -0.2) is 0 Å². The maximum atomic E-state index is 5.88. The molecule has 2 heterocycles. The standard InChI is InChI=1S/C18H27N3O.HI/c1-3-13-4-6-14(7-5-13)10-11-20-18(19-2)21-16-12-15-8-9-17(16)22-15;/h4-7,15-17H,3,8-12H2,1-2H3,(H2,19,20,21);1H. The van der Waals surface area contributed by atoms with Gasteiger partial charge in [-0.05, 0) is 43.2 Å². The smallest absolute Gasteiger partial charge is 0.191 e. The summed E-state index contributed by atoms with van der Waals surface area (Å²) in [6, 6.07) is 9.30. The highest BCUT2D eigenvalue weighted by Gasteiger charge is 2.41.